The van der Waals surface area contributed by atoms with Gasteiger partial charge in [-0.25, -0.2) is 22.3 Å². The van der Waals surface area contributed by atoms with Gasteiger partial charge in [0, 0.05) is 12.7 Å². The van der Waals surface area contributed by atoms with E-state index >= 15 is 0 Å². The lowest BCUT2D eigenvalue weighted by atomic mass is 10.2. The number of aromatic nitrogens is 2. The van der Waals surface area contributed by atoms with Crippen LogP contribution in [0.5, 0.6) is 0 Å². The maximum absolute atomic E-state index is 13.2. The number of hydrogen-bond acceptors (Lipinski definition) is 6. The molecule has 4 aromatic rings. The van der Waals surface area contributed by atoms with Gasteiger partial charge >= 0.3 is 5.97 Å². The van der Waals surface area contributed by atoms with Gasteiger partial charge in [-0.15, -0.1) is 0 Å². The lowest BCUT2D eigenvalue weighted by Crippen LogP contribution is -2.32. The van der Waals surface area contributed by atoms with Crippen LogP contribution in [0.15, 0.2) is 76.4 Å². The van der Waals surface area contributed by atoms with Crippen molar-refractivity contribution in [3.8, 4) is 5.69 Å². The number of rotatable bonds is 8. The highest BCUT2D eigenvalue weighted by atomic mass is 35.5. The lowest BCUT2D eigenvalue weighted by Gasteiger charge is -2.15. The Morgan fingerprint density at radius 1 is 1.00 bits per heavy atom. The number of halogens is 3. The van der Waals surface area contributed by atoms with E-state index in [2.05, 4.69) is 10.0 Å². The van der Waals surface area contributed by atoms with Crippen LogP contribution in [0, 0.1) is 12.7 Å². The third-order valence-corrected chi connectivity index (χ3v) is 8.24. The highest BCUT2D eigenvalue weighted by molar-refractivity contribution is 7.92. The maximum atomic E-state index is 13.2. The molecule has 0 saturated carbocycles. The molecule has 0 spiro atoms. The van der Waals surface area contributed by atoms with Crippen LogP contribution >= 0.6 is 23.2 Å². The summed E-state index contributed by atoms with van der Waals surface area (Å²) in [5, 5.41) is 1.99. The standard InChI is InChI=1S/C27H23Cl2FN4O6S/c1-15-24(26(36)34(33(15)3)19-7-5-4-6-8-19)31-25(35)16(2)40-27(37)20-13-23(22(29)14-21(20)28)41(38,39)32-18-11-9-17(30)10-12-18/h4-14,16,32H,1-3H3,(H,31,35). The molecule has 1 aromatic heterocycles. The normalized spacial score (nSPS) is 12.0. The van der Waals surface area contributed by atoms with E-state index in [1.54, 1.807) is 49.0 Å². The zero-order valence-corrected chi connectivity index (χ0v) is 24.1. The number of hydrogen-bond donors (Lipinski definition) is 2. The Hall–Kier alpha value is -4.13. The van der Waals surface area contributed by atoms with Crippen molar-refractivity contribution in [2.24, 2.45) is 7.05 Å². The number of anilines is 2. The van der Waals surface area contributed by atoms with Crippen LogP contribution in [0.2, 0.25) is 10.0 Å². The number of ether oxygens (including phenoxy) is 1. The van der Waals surface area contributed by atoms with Gasteiger partial charge in [0.05, 0.1) is 27.0 Å². The number of sulfonamides is 1. The molecule has 1 heterocycles. The van der Waals surface area contributed by atoms with Gasteiger partial charge in [-0.3, -0.25) is 19.0 Å². The van der Waals surface area contributed by atoms with Gasteiger partial charge in [0.2, 0.25) is 0 Å². The van der Waals surface area contributed by atoms with Crippen molar-refractivity contribution in [2.45, 2.75) is 24.8 Å². The Morgan fingerprint density at radius 2 is 1.63 bits per heavy atom. The summed E-state index contributed by atoms with van der Waals surface area (Å²) in [7, 11) is -2.68. The molecule has 0 bridgehead atoms. The largest absolute Gasteiger partial charge is 0.449 e. The summed E-state index contributed by atoms with van der Waals surface area (Å²) in [5.41, 5.74) is 0.211. The predicted octanol–water partition coefficient (Wildman–Crippen LogP) is 4.92. The molecule has 1 amide bonds. The summed E-state index contributed by atoms with van der Waals surface area (Å²) in [6, 6.07) is 15.3. The van der Waals surface area contributed by atoms with Crippen molar-refractivity contribution < 1.29 is 27.1 Å². The van der Waals surface area contributed by atoms with E-state index in [0.29, 0.717) is 11.4 Å². The van der Waals surface area contributed by atoms with Crippen molar-refractivity contribution in [1.82, 2.24) is 9.36 Å². The van der Waals surface area contributed by atoms with Gasteiger partial charge in [-0.1, -0.05) is 41.4 Å². The first-order valence-corrected chi connectivity index (χ1v) is 14.2. The molecule has 0 aliphatic heterocycles. The number of carbonyl (C=O) groups excluding carboxylic acids is 2. The van der Waals surface area contributed by atoms with E-state index in [-0.39, 0.29) is 27.0 Å². The second-order valence-electron chi connectivity index (χ2n) is 8.85. The molecule has 41 heavy (non-hydrogen) atoms. The molecule has 2 N–H and O–H groups in total. The van der Waals surface area contributed by atoms with Gasteiger partial charge in [0.25, 0.3) is 21.5 Å². The molecule has 0 aliphatic rings. The third kappa shape index (κ3) is 6.29. The molecule has 0 radical (unpaired) electrons. The van der Waals surface area contributed by atoms with Crippen LogP contribution < -0.4 is 15.6 Å². The molecule has 1 atom stereocenters. The highest BCUT2D eigenvalue weighted by Crippen LogP contribution is 2.31. The van der Waals surface area contributed by atoms with Gasteiger partial charge in [0.1, 0.15) is 16.4 Å². The fraction of sp³-hybridized carbons (Fsp3) is 0.148. The van der Waals surface area contributed by atoms with Crippen molar-refractivity contribution >= 4 is 56.5 Å². The zero-order chi connectivity index (χ0) is 30.1. The van der Waals surface area contributed by atoms with Crippen LogP contribution in [0.3, 0.4) is 0 Å². The SMILES string of the molecule is Cc1c(NC(=O)C(C)OC(=O)c2cc(S(=O)(=O)Nc3ccc(F)cc3)c(Cl)cc2Cl)c(=O)n(-c2ccccc2)n1C. The molecule has 214 valence electrons. The van der Waals surface area contributed by atoms with Gasteiger partial charge in [-0.2, -0.15) is 0 Å². The summed E-state index contributed by atoms with van der Waals surface area (Å²) in [6.45, 7) is 2.92. The Kier molecular flexibility index (Phi) is 8.57. The molecule has 10 nitrogen and oxygen atoms in total. The summed E-state index contributed by atoms with van der Waals surface area (Å²) < 4.78 is 49.5. The van der Waals surface area contributed by atoms with E-state index in [4.69, 9.17) is 27.9 Å². The first-order chi connectivity index (χ1) is 19.3. The molecule has 4 rings (SSSR count). The van der Waals surface area contributed by atoms with Crippen molar-refractivity contribution in [3.05, 3.63) is 104 Å². The van der Waals surface area contributed by atoms with Crippen molar-refractivity contribution in [3.63, 3.8) is 0 Å². The Bertz CT molecular complexity index is 1810. The lowest BCUT2D eigenvalue weighted by molar-refractivity contribution is -0.123. The molecular weight excluding hydrogens is 598 g/mol. The second-order valence-corrected chi connectivity index (χ2v) is 11.3. The second kappa shape index (κ2) is 11.8. The topological polar surface area (TPSA) is 128 Å². The number of benzene rings is 3. The predicted molar refractivity (Wildman–Crippen MR) is 153 cm³/mol. The average Bonchev–Trinajstić information content (AvgIpc) is 3.12. The maximum Gasteiger partial charge on any atom is 0.340 e. The number of nitrogens with zero attached hydrogens (tertiary/aromatic N) is 2. The van der Waals surface area contributed by atoms with E-state index in [0.717, 1.165) is 24.3 Å². The van der Waals surface area contributed by atoms with Crippen LogP contribution in [0.1, 0.15) is 23.0 Å². The Balaban J connectivity index is 1.54. The third-order valence-electron chi connectivity index (χ3n) is 6.08. The molecule has 0 saturated heterocycles. The van der Waals surface area contributed by atoms with Crippen LogP contribution in [-0.2, 0) is 26.6 Å². The Labute approximate surface area is 244 Å². The summed E-state index contributed by atoms with van der Waals surface area (Å²) in [5.74, 6) is -2.48. The monoisotopic (exact) mass is 620 g/mol. The number of nitrogens with one attached hydrogen (secondary N) is 2. The fourth-order valence-electron chi connectivity index (χ4n) is 3.83. The first-order valence-electron chi connectivity index (χ1n) is 11.9. The van der Waals surface area contributed by atoms with Crippen molar-refractivity contribution in [1.29, 1.82) is 0 Å². The molecule has 3 aromatic carbocycles. The van der Waals surface area contributed by atoms with Gasteiger partial charge in [0.15, 0.2) is 6.10 Å². The number of amides is 1. The molecule has 0 aliphatic carbocycles. The summed E-state index contributed by atoms with van der Waals surface area (Å²) >= 11 is 12.3. The van der Waals surface area contributed by atoms with Crippen LogP contribution in [0.25, 0.3) is 5.69 Å². The van der Waals surface area contributed by atoms with E-state index in [9.17, 15) is 27.2 Å². The van der Waals surface area contributed by atoms with Gasteiger partial charge < -0.3 is 10.1 Å². The number of para-hydroxylation sites is 1. The highest BCUT2D eigenvalue weighted by Gasteiger charge is 2.27. The zero-order valence-electron chi connectivity index (χ0n) is 21.8. The fourth-order valence-corrected chi connectivity index (χ4v) is 5.74. The minimum absolute atomic E-state index is 0.00553. The van der Waals surface area contributed by atoms with Crippen LogP contribution in [-0.4, -0.2) is 35.8 Å². The van der Waals surface area contributed by atoms with Crippen LogP contribution in [0.4, 0.5) is 15.8 Å². The van der Waals surface area contributed by atoms with Gasteiger partial charge in [-0.05, 0) is 62.4 Å². The smallest absolute Gasteiger partial charge is 0.340 e. The average molecular weight is 621 g/mol. The molecule has 0 fully saturated rings. The minimum atomic E-state index is -4.34. The summed E-state index contributed by atoms with van der Waals surface area (Å²) in [6.07, 6.45) is -1.41. The van der Waals surface area contributed by atoms with Crippen molar-refractivity contribution in [2.75, 3.05) is 10.0 Å². The molecule has 14 heteroatoms. The van der Waals surface area contributed by atoms with E-state index < -0.39 is 44.3 Å². The van der Waals surface area contributed by atoms with E-state index in [1.165, 1.54) is 23.7 Å². The number of carbonyl (C=O) groups is 2. The molecular formula is C27H23Cl2FN4O6S. The summed E-state index contributed by atoms with van der Waals surface area (Å²) in [4.78, 5) is 38.4. The minimum Gasteiger partial charge on any atom is -0.449 e. The quantitative estimate of drug-likeness (QED) is 0.269. The molecule has 1 unspecified atom stereocenters. The Morgan fingerprint density at radius 3 is 2.27 bits per heavy atom. The van der Waals surface area contributed by atoms with E-state index in [1.807, 2.05) is 0 Å². The first kappa shape index (κ1) is 29.8. The number of esters is 1.